The van der Waals surface area contributed by atoms with Crippen molar-refractivity contribution in [3.63, 3.8) is 0 Å². The zero-order valence-corrected chi connectivity index (χ0v) is 14.7. The van der Waals surface area contributed by atoms with E-state index >= 15 is 0 Å². The second kappa shape index (κ2) is 7.53. The third kappa shape index (κ3) is 4.17. The molecular weight excluding hydrogens is 320 g/mol. The minimum atomic E-state index is -0.0321. The summed E-state index contributed by atoms with van der Waals surface area (Å²) in [5.74, 6) is 2.45. The van der Waals surface area contributed by atoms with Gasteiger partial charge in [0, 0.05) is 23.8 Å². The average Bonchev–Trinajstić information content (AvgIpc) is 2.55. The summed E-state index contributed by atoms with van der Waals surface area (Å²) in [4.78, 5) is 16.7. The first kappa shape index (κ1) is 16.6. The molecule has 0 radical (unpaired) electrons. The summed E-state index contributed by atoms with van der Waals surface area (Å²) in [5.41, 5.74) is 3.71. The highest BCUT2D eigenvalue weighted by molar-refractivity contribution is 7.98. The second-order valence-electron chi connectivity index (χ2n) is 5.74. The van der Waals surface area contributed by atoms with Crippen molar-refractivity contribution in [2.24, 2.45) is 0 Å². The second-order valence-corrected chi connectivity index (χ2v) is 6.84. The van der Waals surface area contributed by atoms with E-state index in [1.54, 1.807) is 22.2 Å². The Morgan fingerprint density at radius 1 is 1.12 bits per heavy atom. The van der Waals surface area contributed by atoms with Crippen LogP contribution in [0.3, 0.4) is 0 Å². The lowest BCUT2D eigenvalue weighted by Crippen LogP contribution is -2.15. The molecule has 0 N–H and O–H groups in total. The van der Waals surface area contributed by atoms with Crippen molar-refractivity contribution in [2.75, 3.05) is 12.4 Å². The van der Waals surface area contributed by atoms with Gasteiger partial charge in [0.1, 0.15) is 11.4 Å². The first-order chi connectivity index (χ1) is 11.6. The third-order valence-corrected chi connectivity index (χ3v) is 4.55. The molecule has 0 bridgehead atoms. The van der Waals surface area contributed by atoms with Crippen LogP contribution in [-0.2, 0) is 5.75 Å². The number of pyridine rings is 1. The minimum Gasteiger partial charge on any atom is -0.493 e. The van der Waals surface area contributed by atoms with E-state index in [0.717, 1.165) is 22.8 Å². The van der Waals surface area contributed by atoms with Gasteiger partial charge in [0.05, 0.1) is 12.3 Å². The van der Waals surface area contributed by atoms with Gasteiger partial charge in [-0.3, -0.25) is 9.20 Å². The molecule has 24 heavy (non-hydrogen) atoms. The van der Waals surface area contributed by atoms with Gasteiger partial charge in [-0.1, -0.05) is 18.2 Å². The van der Waals surface area contributed by atoms with E-state index in [-0.39, 0.29) is 5.56 Å². The topological polar surface area (TPSA) is 43.6 Å². The quantitative estimate of drug-likeness (QED) is 0.643. The number of thioether (sulfide) groups is 1. The Hall–Kier alpha value is -2.27. The number of rotatable bonds is 6. The van der Waals surface area contributed by atoms with Crippen molar-refractivity contribution in [1.29, 1.82) is 0 Å². The van der Waals surface area contributed by atoms with Crippen molar-refractivity contribution < 1.29 is 4.74 Å². The Bertz CT molecular complexity index is 905. The van der Waals surface area contributed by atoms with Gasteiger partial charge >= 0.3 is 0 Å². The third-order valence-electron chi connectivity index (χ3n) is 3.60. The fourth-order valence-corrected chi connectivity index (χ4v) is 3.14. The summed E-state index contributed by atoms with van der Waals surface area (Å²) in [7, 11) is 0. The molecule has 4 nitrogen and oxygen atoms in total. The Kier molecular flexibility index (Phi) is 5.20. The van der Waals surface area contributed by atoms with Crippen molar-refractivity contribution in [1.82, 2.24) is 9.38 Å². The van der Waals surface area contributed by atoms with E-state index in [0.29, 0.717) is 18.0 Å². The highest BCUT2D eigenvalue weighted by Crippen LogP contribution is 2.14. The Balaban J connectivity index is 1.54. The molecule has 5 heteroatoms. The first-order valence-corrected chi connectivity index (χ1v) is 9.03. The maximum Gasteiger partial charge on any atom is 0.258 e. The van der Waals surface area contributed by atoms with Crippen molar-refractivity contribution >= 4 is 17.4 Å². The minimum absolute atomic E-state index is 0.0321. The molecular formula is C19H20N2O2S. The summed E-state index contributed by atoms with van der Waals surface area (Å²) in [6.45, 7) is 4.65. The largest absolute Gasteiger partial charge is 0.493 e. The number of nitrogens with zero attached hydrogens (tertiary/aromatic N) is 2. The number of benzene rings is 1. The van der Waals surface area contributed by atoms with Gasteiger partial charge in [0.15, 0.2) is 0 Å². The lowest BCUT2D eigenvalue weighted by atomic mass is 10.2. The van der Waals surface area contributed by atoms with Crippen LogP contribution in [-0.4, -0.2) is 21.7 Å². The molecule has 0 fully saturated rings. The molecule has 0 aliphatic rings. The van der Waals surface area contributed by atoms with E-state index in [2.05, 4.69) is 4.98 Å². The molecule has 0 saturated carbocycles. The van der Waals surface area contributed by atoms with Gasteiger partial charge < -0.3 is 4.74 Å². The number of ether oxygens (including phenoxy) is 1. The van der Waals surface area contributed by atoms with Gasteiger partial charge in [-0.15, -0.1) is 0 Å². The zero-order valence-electron chi connectivity index (χ0n) is 13.9. The van der Waals surface area contributed by atoms with Crippen LogP contribution in [0.15, 0.2) is 53.5 Å². The standard InChI is InChI=1S/C19H20N2O2S/c1-14-4-3-5-17(10-14)23-8-9-24-13-16-11-19(22)21-12-15(2)6-7-18(21)20-16/h3-7,10-12H,8-9,13H2,1-2H3. The fourth-order valence-electron chi connectivity index (χ4n) is 2.43. The van der Waals surface area contributed by atoms with Gasteiger partial charge in [-0.25, -0.2) is 4.98 Å². The number of aryl methyl sites for hydroxylation is 2. The van der Waals surface area contributed by atoms with Crippen LogP contribution in [0.4, 0.5) is 0 Å². The lowest BCUT2D eigenvalue weighted by Gasteiger charge is -2.07. The van der Waals surface area contributed by atoms with Crippen LogP contribution in [0.5, 0.6) is 5.75 Å². The lowest BCUT2D eigenvalue weighted by molar-refractivity contribution is 0.343. The van der Waals surface area contributed by atoms with Crippen molar-refractivity contribution in [3.8, 4) is 5.75 Å². The summed E-state index contributed by atoms with van der Waals surface area (Å²) in [6, 6.07) is 13.5. The zero-order chi connectivity index (χ0) is 16.9. The van der Waals surface area contributed by atoms with E-state index in [4.69, 9.17) is 4.74 Å². The molecule has 0 aliphatic carbocycles. The number of hydrogen-bond acceptors (Lipinski definition) is 4. The monoisotopic (exact) mass is 340 g/mol. The number of fused-ring (bicyclic) bond motifs is 1. The first-order valence-electron chi connectivity index (χ1n) is 7.88. The van der Waals surface area contributed by atoms with Crippen LogP contribution in [0.2, 0.25) is 0 Å². The molecule has 0 saturated heterocycles. The molecule has 2 heterocycles. The Labute approximate surface area is 145 Å². The van der Waals surface area contributed by atoms with Gasteiger partial charge in [0.25, 0.3) is 5.56 Å². The normalized spacial score (nSPS) is 10.9. The highest BCUT2D eigenvalue weighted by Gasteiger charge is 2.03. The van der Waals surface area contributed by atoms with Crippen LogP contribution < -0.4 is 10.3 Å². The van der Waals surface area contributed by atoms with E-state index in [1.807, 2.05) is 56.4 Å². The smallest absolute Gasteiger partial charge is 0.258 e. The Morgan fingerprint density at radius 3 is 2.83 bits per heavy atom. The van der Waals surface area contributed by atoms with Crippen LogP contribution in [0.1, 0.15) is 16.8 Å². The molecule has 3 aromatic rings. The maximum absolute atomic E-state index is 12.1. The molecule has 1 aromatic carbocycles. The van der Waals surface area contributed by atoms with Gasteiger partial charge in [-0.05, 0) is 43.2 Å². The summed E-state index contributed by atoms with van der Waals surface area (Å²) < 4.78 is 7.31. The van der Waals surface area contributed by atoms with E-state index in [1.165, 1.54) is 5.56 Å². The summed E-state index contributed by atoms with van der Waals surface area (Å²) in [6.07, 6.45) is 1.82. The summed E-state index contributed by atoms with van der Waals surface area (Å²) >= 11 is 1.71. The summed E-state index contributed by atoms with van der Waals surface area (Å²) in [5, 5.41) is 0. The highest BCUT2D eigenvalue weighted by atomic mass is 32.2. The average molecular weight is 340 g/mol. The van der Waals surface area contributed by atoms with Crippen molar-refractivity contribution in [3.05, 3.63) is 75.8 Å². The molecule has 0 amide bonds. The number of hydrogen-bond donors (Lipinski definition) is 0. The van der Waals surface area contributed by atoms with E-state index < -0.39 is 0 Å². The van der Waals surface area contributed by atoms with E-state index in [9.17, 15) is 4.79 Å². The fraction of sp³-hybridized carbons (Fsp3) is 0.263. The molecule has 0 aliphatic heterocycles. The predicted molar refractivity (Wildman–Crippen MR) is 99.0 cm³/mol. The van der Waals surface area contributed by atoms with Crippen LogP contribution >= 0.6 is 11.8 Å². The predicted octanol–water partition coefficient (Wildman–Crippen LogP) is 3.62. The molecule has 0 unspecified atom stereocenters. The molecule has 2 aromatic heterocycles. The Morgan fingerprint density at radius 2 is 2.00 bits per heavy atom. The molecule has 0 spiro atoms. The van der Waals surface area contributed by atoms with Crippen LogP contribution in [0, 0.1) is 13.8 Å². The number of aromatic nitrogens is 2. The molecule has 124 valence electrons. The molecule has 0 atom stereocenters. The maximum atomic E-state index is 12.1. The van der Waals surface area contributed by atoms with Crippen LogP contribution in [0.25, 0.3) is 5.65 Å². The SMILES string of the molecule is Cc1cccc(OCCSCc2cc(=O)n3cc(C)ccc3n2)c1. The van der Waals surface area contributed by atoms with Gasteiger partial charge in [-0.2, -0.15) is 11.8 Å². The molecule has 3 rings (SSSR count). The van der Waals surface area contributed by atoms with Gasteiger partial charge in [0.2, 0.25) is 0 Å². The van der Waals surface area contributed by atoms with Crippen molar-refractivity contribution in [2.45, 2.75) is 19.6 Å².